The lowest BCUT2D eigenvalue weighted by molar-refractivity contribution is -0.387. The van der Waals surface area contributed by atoms with Gasteiger partial charge in [-0.15, -0.1) is 0 Å². The lowest BCUT2D eigenvalue weighted by Gasteiger charge is -2.14. The number of nitro groups is 1. The molecule has 0 heterocycles. The molecule has 0 aliphatic heterocycles. The number of halogens is 2. The van der Waals surface area contributed by atoms with Crippen molar-refractivity contribution in [2.24, 2.45) is 5.92 Å². The highest BCUT2D eigenvalue weighted by Crippen LogP contribution is 2.21. The summed E-state index contributed by atoms with van der Waals surface area (Å²) in [5, 5.41) is 22.3. The molecule has 6 nitrogen and oxygen atoms in total. The van der Waals surface area contributed by atoms with Crippen molar-refractivity contribution >= 4 is 11.6 Å². The Kier molecular flexibility index (Phi) is 5.71. The zero-order valence-electron chi connectivity index (χ0n) is 11.6. The molecule has 0 fully saturated rings. The Morgan fingerprint density at radius 3 is 2.52 bits per heavy atom. The normalized spacial score (nSPS) is 12.3. The van der Waals surface area contributed by atoms with Crippen LogP contribution in [-0.4, -0.2) is 28.6 Å². The van der Waals surface area contributed by atoms with Crippen molar-refractivity contribution in [1.82, 2.24) is 5.32 Å². The van der Waals surface area contributed by atoms with Gasteiger partial charge in [-0.3, -0.25) is 14.9 Å². The monoisotopic (exact) mass is 302 g/mol. The third kappa shape index (κ3) is 4.75. The van der Waals surface area contributed by atoms with Gasteiger partial charge in [0.1, 0.15) is 5.82 Å². The molecular weight excluding hydrogens is 286 g/mol. The van der Waals surface area contributed by atoms with Gasteiger partial charge in [-0.05, 0) is 18.4 Å². The molecule has 1 rings (SSSR count). The number of rotatable bonds is 6. The minimum atomic E-state index is -1.30. The molecule has 0 saturated heterocycles. The molecule has 1 aromatic rings. The zero-order valence-corrected chi connectivity index (χ0v) is 11.6. The Balaban J connectivity index is 2.79. The predicted molar refractivity (Wildman–Crippen MR) is 70.8 cm³/mol. The number of carbonyl (C=O) groups is 1. The summed E-state index contributed by atoms with van der Waals surface area (Å²) in [5.74, 6) is -3.22. The number of benzene rings is 1. The van der Waals surface area contributed by atoms with Gasteiger partial charge < -0.3 is 10.4 Å². The van der Waals surface area contributed by atoms with Gasteiger partial charge in [0.2, 0.25) is 5.82 Å². The van der Waals surface area contributed by atoms with E-state index in [0.717, 1.165) is 0 Å². The Bertz CT molecular complexity index is 549. The van der Waals surface area contributed by atoms with Crippen LogP contribution in [0.1, 0.15) is 30.6 Å². The Hall–Kier alpha value is -2.09. The van der Waals surface area contributed by atoms with Gasteiger partial charge in [0.05, 0.1) is 22.7 Å². The van der Waals surface area contributed by atoms with Crippen molar-refractivity contribution in [1.29, 1.82) is 0 Å². The van der Waals surface area contributed by atoms with Gasteiger partial charge in [0, 0.05) is 6.54 Å². The number of aliphatic hydroxyl groups is 1. The molecule has 1 atom stereocenters. The second-order valence-electron chi connectivity index (χ2n) is 5.03. The van der Waals surface area contributed by atoms with Gasteiger partial charge in [-0.1, -0.05) is 13.8 Å². The lowest BCUT2D eigenvalue weighted by atomic mass is 10.1. The average Bonchev–Trinajstić information content (AvgIpc) is 2.37. The molecular formula is C13H16F2N2O4. The molecule has 0 aliphatic rings. The second-order valence-corrected chi connectivity index (χ2v) is 5.03. The van der Waals surface area contributed by atoms with Gasteiger partial charge in [-0.25, -0.2) is 4.39 Å². The quantitative estimate of drug-likeness (QED) is 0.621. The lowest BCUT2D eigenvalue weighted by Crippen LogP contribution is -2.33. The fourth-order valence-electron chi connectivity index (χ4n) is 1.78. The molecule has 8 heteroatoms. The van der Waals surface area contributed by atoms with Crippen LogP contribution in [0.25, 0.3) is 0 Å². The highest BCUT2D eigenvalue weighted by molar-refractivity contribution is 5.94. The first-order valence-electron chi connectivity index (χ1n) is 6.32. The smallest absolute Gasteiger partial charge is 0.307 e. The molecule has 116 valence electrons. The van der Waals surface area contributed by atoms with Crippen LogP contribution in [0.2, 0.25) is 0 Å². The van der Waals surface area contributed by atoms with Gasteiger partial charge in [-0.2, -0.15) is 4.39 Å². The first kappa shape index (κ1) is 17.0. The predicted octanol–water partition coefficient (Wildman–Crippen LogP) is 2.01. The molecule has 2 N–H and O–H groups in total. The summed E-state index contributed by atoms with van der Waals surface area (Å²) in [6.07, 6.45) is -0.364. The third-order valence-corrected chi connectivity index (χ3v) is 2.72. The minimum absolute atomic E-state index is 0.116. The van der Waals surface area contributed by atoms with E-state index in [1.165, 1.54) is 0 Å². The number of amides is 1. The number of nitrogens with one attached hydrogen (secondary N) is 1. The van der Waals surface area contributed by atoms with E-state index < -0.39 is 39.8 Å². The molecule has 0 aromatic heterocycles. The molecule has 1 amide bonds. The van der Waals surface area contributed by atoms with Crippen molar-refractivity contribution in [2.45, 2.75) is 26.4 Å². The van der Waals surface area contributed by atoms with Crippen molar-refractivity contribution in [3.05, 3.63) is 39.4 Å². The summed E-state index contributed by atoms with van der Waals surface area (Å²) in [6, 6.07) is 0.826. The van der Waals surface area contributed by atoms with Crippen LogP contribution in [0.15, 0.2) is 12.1 Å². The molecule has 1 aromatic carbocycles. The maximum atomic E-state index is 13.6. The van der Waals surface area contributed by atoms with E-state index >= 15 is 0 Å². The summed E-state index contributed by atoms with van der Waals surface area (Å²) in [7, 11) is 0. The summed E-state index contributed by atoms with van der Waals surface area (Å²) in [5.41, 5.74) is -1.68. The number of carbonyl (C=O) groups excluding carboxylic acids is 1. The molecule has 0 bridgehead atoms. The van der Waals surface area contributed by atoms with E-state index in [9.17, 15) is 28.8 Å². The topological polar surface area (TPSA) is 92.5 Å². The van der Waals surface area contributed by atoms with Crippen LogP contribution < -0.4 is 5.32 Å². The summed E-state index contributed by atoms with van der Waals surface area (Å²) in [6.45, 7) is 3.65. The number of aliphatic hydroxyl groups excluding tert-OH is 1. The number of hydrogen-bond donors (Lipinski definition) is 2. The fourth-order valence-corrected chi connectivity index (χ4v) is 1.78. The van der Waals surface area contributed by atoms with Gasteiger partial charge in [0.25, 0.3) is 5.91 Å². The second kappa shape index (κ2) is 7.07. The minimum Gasteiger partial charge on any atom is -0.391 e. The average molecular weight is 302 g/mol. The van der Waals surface area contributed by atoms with Gasteiger partial charge >= 0.3 is 5.69 Å². The van der Waals surface area contributed by atoms with Gasteiger partial charge in [0.15, 0.2) is 0 Å². The fraction of sp³-hybridized carbons (Fsp3) is 0.462. The Morgan fingerprint density at radius 1 is 1.38 bits per heavy atom. The maximum Gasteiger partial charge on any atom is 0.307 e. The first-order valence-corrected chi connectivity index (χ1v) is 6.32. The van der Waals surface area contributed by atoms with Crippen LogP contribution in [0.4, 0.5) is 14.5 Å². The third-order valence-electron chi connectivity index (χ3n) is 2.72. The van der Waals surface area contributed by atoms with E-state index in [4.69, 9.17) is 0 Å². The molecule has 0 spiro atoms. The molecule has 1 unspecified atom stereocenters. The number of nitro benzene ring substituents is 1. The highest BCUT2D eigenvalue weighted by atomic mass is 19.1. The van der Waals surface area contributed by atoms with Crippen molar-refractivity contribution in [3.63, 3.8) is 0 Å². The number of hydrogen-bond acceptors (Lipinski definition) is 4. The van der Waals surface area contributed by atoms with E-state index in [1.807, 2.05) is 13.8 Å². The van der Waals surface area contributed by atoms with E-state index in [-0.39, 0.29) is 12.5 Å². The molecule has 0 aliphatic carbocycles. The van der Waals surface area contributed by atoms with Crippen LogP contribution in [0.5, 0.6) is 0 Å². The largest absolute Gasteiger partial charge is 0.391 e. The van der Waals surface area contributed by atoms with Crippen molar-refractivity contribution in [2.75, 3.05) is 6.54 Å². The van der Waals surface area contributed by atoms with Crippen LogP contribution in [0.3, 0.4) is 0 Å². The van der Waals surface area contributed by atoms with E-state index in [1.54, 1.807) is 0 Å². The van der Waals surface area contributed by atoms with Crippen molar-refractivity contribution in [3.8, 4) is 0 Å². The Labute approximate surface area is 119 Å². The molecule has 0 radical (unpaired) electrons. The summed E-state index contributed by atoms with van der Waals surface area (Å²) < 4.78 is 27.0. The summed E-state index contributed by atoms with van der Waals surface area (Å²) >= 11 is 0. The van der Waals surface area contributed by atoms with Crippen LogP contribution >= 0.6 is 0 Å². The van der Waals surface area contributed by atoms with Crippen LogP contribution in [0, 0.1) is 27.7 Å². The Morgan fingerprint density at radius 2 is 2.00 bits per heavy atom. The number of nitrogens with zero attached hydrogens (tertiary/aromatic N) is 1. The van der Waals surface area contributed by atoms with E-state index in [2.05, 4.69) is 5.32 Å². The highest BCUT2D eigenvalue weighted by Gasteiger charge is 2.22. The molecule has 0 saturated carbocycles. The SMILES string of the molecule is CC(C)CC(O)CNC(=O)c1cc(F)c([N+](=O)[O-])cc1F. The van der Waals surface area contributed by atoms with E-state index in [0.29, 0.717) is 18.6 Å². The standard InChI is InChI=1S/C13H16F2N2O4/c1-7(2)3-8(18)6-16-13(19)9-4-11(15)12(17(20)21)5-10(9)14/h4-5,7-8,18H,3,6H2,1-2H3,(H,16,19). The zero-order chi connectivity index (χ0) is 16.2. The summed E-state index contributed by atoms with van der Waals surface area (Å²) in [4.78, 5) is 21.1. The molecule has 21 heavy (non-hydrogen) atoms. The van der Waals surface area contributed by atoms with Crippen molar-refractivity contribution < 1.29 is 23.6 Å². The maximum absolute atomic E-state index is 13.6. The van der Waals surface area contributed by atoms with Crippen LogP contribution in [-0.2, 0) is 0 Å². The first-order chi connectivity index (χ1) is 9.72.